The van der Waals surface area contributed by atoms with Gasteiger partial charge in [-0.15, -0.1) is 11.3 Å². The molecule has 2 heterocycles. The van der Waals surface area contributed by atoms with E-state index < -0.39 is 12.3 Å². The molecule has 1 atom stereocenters. The zero-order chi connectivity index (χ0) is 20.6. The first-order chi connectivity index (χ1) is 13.8. The molecule has 1 N–H and O–H groups in total. The molecule has 2 aromatic carbocycles. The van der Waals surface area contributed by atoms with E-state index in [0.717, 1.165) is 26.1 Å². The number of hydrogen-bond donors (Lipinski definition) is 1. The summed E-state index contributed by atoms with van der Waals surface area (Å²) in [5, 5.41) is 11.3. The number of rotatable bonds is 4. The Bertz CT molecular complexity index is 1170. The molecule has 0 aliphatic heterocycles. The molecule has 0 aliphatic carbocycles. The largest absolute Gasteiger partial charge is 0.418 e. The van der Waals surface area contributed by atoms with Crippen molar-refractivity contribution < 1.29 is 18.3 Å². The summed E-state index contributed by atoms with van der Waals surface area (Å²) >= 11 is 7.82. The Morgan fingerprint density at radius 3 is 2.59 bits per heavy atom. The molecule has 0 saturated heterocycles. The van der Waals surface area contributed by atoms with Crippen LogP contribution in [0, 0.1) is 0 Å². The van der Waals surface area contributed by atoms with Gasteiger partial charge < -0.3 is 5.11 Å². The Hall–Kier alpha value is -2.41. The number of benzene rings is 2. The van der Waals surface area contributed by atoms with E-state index in [1.54, 1.807) is 11.3 Å². The predicted octanol–water partition coefficient (Wildman–Crippen LogP) is 6.80. The zero-order valence-electron chi connectivity index (χ0n) is 14.9. The predicted molar refractivity (Wildman–Crippen MR) is 110 cm³/mol. The van der Waals surface area contributed by atoms with Gasteiger partial charge in [-0.1, -0.05) is 48.0 Å². The topological polar surface area (TPSA) is 33.1 Å². The highest BCUT2D eigenvalue weighted by atomic mass is 35.5. The number of fused-ring (bicyclic) bond motifs is 1. The molecular weight excluding hydrogens is 419 g/mol. The SMILES string of the molecule is O[C@H](c1ccnc(-c2cccc3cc(Cc4ccccc4Cl)sc23)c1)C(F)(F)F. The normalized spacial score (nSPS) is 13.0. The lowest BCUT2D eigenvalue weighted by atomic mass is 10.0. The lowest BCUT2D eigenvalue weighted by Gasteiger charge is -2.15. The van der Waals surface area contributed by atoms with Crippen LogP contribution in [0.4, 0.5) is 13.2 Å². The Balaban J connectivity index is 1.74. The minimum Gasteiger partial charge on any atom is -0.379 e. The Kier molecular flexibility index (Phi) is 5.34. The Morgan fingerprint density at radius 2 is 1.83 bits per heavy atom. The van der Waals surface area contributed by atoms with Crippen molar-refractivity contribution in [3.63, 3.8) is 0 Å². The summed E-state index contributed by atoms with van der Waals surface area (Å²) in [5.41, 5.74) is 1.90. The number of aliphatic hydroxyl groups is 1. The van der Waals surface area contributed by atoms with Crippen LogP contribution < -0.4 is 0 Å². The third-order valence-electron chi connectivity index (χ3n) is 4.60. The van der Waals surface area contributed by atoms with Gasteiger partial charge in [0.1, 0.15) is 0 Å². The second-order valence-electron chi connectivity index (χ2n) is 6.62. The summed E-state index contributed by atoms with van der Waals surface area (Å²) in [6.07, 6.45) is -5.31. The van der Waals surface area contributed by atoms with Crippen molar-refractivity contribution in [1.29, 1.82) is 0 Å². The van der Waals surface area contributed by atoms with E-state index >= 15 is 0 Å². The van der Waals surface area contributed by atoms with Gasteiger partial charge in [-0.05, 0) is 40.8 Å². The van der Waals surface area contributed by atoms with Gasteiger partial charge in [0, 0.05) is 32.8 Å². The van der Waals surface area contributed by atoms with Crippen molar-refractivity contribution in [1.82, 2.24) is 4.98 Å². The number of halogens is 4. The fourth-order valence-corrected chi connectivity index (χ4v) is 4.59. The molecule has 4 aromatic rings. The third kappa shape index (κ3) is 4.15. The van der Waals surface area contributed by atoms with Crippen LogP contribution in [-0.2, 0) is 6.42 Å². The fraction of sp³-hybridized carbons (Fsp3) is 0.136. The van der Waals surface area contributed by atoms with Gasteiger partial charge in [-0.3, -0.25) is 4.98 Å². The number of hydrogen-bond acceptors (Lipinski definition) is 3. The van der Waals surface area contributed by atoms with Crippen molar-refractivity contribution in [2.45, 2.75) is 18.7 Å². The number of pyridine rings is 1. The van der Waals surface area contributed by atoms with E-state index in [1.807, 2.05) is 42.5 Å². The molecule has 0 spiro atoms. The highest BCUT2D eigenvalue weighted by molar-refractivity contribution is 7.19. The van der Waals surface area contributed by atoms with Gasteiger partial charge in [0.2, 0.25) is 0 Å². The van der Waals surface area contributed by atoms with Crippen molar-refractivity contribution in [3.8, 4) is 11.3 Å². The molecule has 0 amide bonds. The number of aromatic nitrogens is 1. The number of alkyl halides is 3. The third-order valence-corrected chi connectivity index (χ3v) is 6.16. The zero-order valence-corrected chi connectivity index (χ0v) is 16.5. The summed E-state index contributed by atoms with van der Waals surface area (Å²) < 4.78 is 39.6. The van der Waals surface area contributed by atoms with E-state index in [2.05, 4.69) is 11.1 Å². The van der Waals surface area contributed by atoms with Crippen LogP contribution in [0.25, 0.3) is 21.3 Å². The number of thiophene rings is 1. The van der Waals surface area contributed by atoms with Crippen molar-refractivity contribution in [3.05, 3.63) is 87.9 Å². The van der Waals surface area contributed by atoms with Crippen LogP contribution in [-0.4, -0.2) is 16.3 Å². The van der Waals surface area contributed by atoms with Gasteiger partial charge in [0.15, 0.2) is 6.10 Å². The number of nitrogens with zero attached hydrogens (tertiary/aromatic N) is 1. The second-order valence-corrected chi connectivity index (χ2v) is 8.17. The lowest BCUT2D eigenvalue weighted by molar-refractivity contribution is -0.206. The molecule has 29 heavy (non-hydrogen) atoms. The van der Waals surface area contributed by atoms with Crippen LogP contribution in [0.15, 0.2) is 66.9 Å². The maximum Gasteiger partial charge on any atom is 0.418 e. The van der Waals surface area contributed by atoms with Crippen molar-refractivity contribution in [2.75, 3.05) is 0 Å². The summed E-state index contributed by atoms with van der Waals surface area (Å²) in [6.45, 7) is 0. The molecule has 0 fully saturated rings. The highest BCUT2D eigenvalue weighted by Gasteiger charge is 2.39. The van der Waals surface area contributed by atoms with Crippen LogP contribution in [0.2, 0.25) is 5.02 Å². The first-order valence-corrected chi connectivity index (χ1v) is 9.98. The second kappa shape index (κ2) is 7.78. The molecule has 0 aliphatic rings. The van der Waals surface area contributed by atoms with Gasteiger partial charge >= 0.3 is 6.18 Å². The van der Waals surface area contributed by atoms with E-state index in [9.17, 15) is 18.3 Å². The molecule has 7 heteroatoms. The van der Waals surface area contributed by atoms with Gasteiger partial charge in [-0.2, -0.15) is 13.2 Å². The Labute approximate surface area is 174 Å². The van der Waals surface area contributed by atoms with Gasteiger partial charge in [-0.25, -0.2) is 0 Å². The smallest absolute Gasteiger partial charge is 0.379 e. The van der Waals surface area contributed by atoms with Crippen LogP contribution in [0.1, 0.15) is 22.1 Å². The Morgan fingerprint density at radius 1 is 1.03 bits per heavy atom. The van der Waals surface area contributed by atoms with Crippen molar-refractivity contribution >= 4 is 33.0 Å². The van der Waals surface area contributed by atoms with E-state index in [1.165, 1.54) is 18.3 Å². The summed E-state index contributed by atoms with van der Waals surface area (Å²) in [4.78, 5) is 5.33. The van der Waals surface area contributed by atoms with E-state index in [-0.39, 0.29) is 5.56 Å². The van der Waals surface area contributed by atoms with Gasteiger partial charge in [0.05, 0.1) is 5.69 Å². The average Bonchev–Trinajstić information content (AvgIpc) is 3.11. The lowest BCUT2D eigenvalue weighted by Crippen LogP contribution is -2.20. The van der Waals surface area contributed by atoms with Crippen LogP contribution >= 0.6 is 22.9 Å². The molecule has 4 rings (SSSR count). The van der Waals surface area contributed by atoms with Gasteiger partial charge in [0.25, 0.3) is 0 Å². The maximum absolute atomic E-state index is 12.9. The molecule has 2 nitrogen and oxygen atoms in total. The average molecular weight is 434 g/mol. The minimum atomic E-state index is -4.73. The van der Waals surface area contributed by atoms with E-state index in [0.29, 0.717) is 17.1 Å². The number of aliphatic hydroxyl groups excluding tert-OH is 1. The van der Waals surface area contributed by atoms with E-state index in [4.69, 9.17) is 11.6 Å². The first-order valence-electron chi connectivity index (χ1n) is 8.79. The van der Waals surface area contributed by atoms with Crippen molar-refractivity contribution in [2.24, 2.45) is 0 Å². The summed E-state index contributed by atoms with van der Waals surface area (Å²) in [7, 11) is 0. The maximum atomic E-state index is 12.9. The molecule has 0 radical (unpaired) electrons. The quantitative estimate of drug-likeness (QED) is 0.383. The minimum absolute atomic E-state index is 0.229. The van der Waals surface area contributed by atoms with Crippen LogP contribution in [0.5, 0.6) is 0 Å². The molecule has 148 valence electrons. The summed E-state index contributed by atoms with van der Waals surface area (Å²) in [5.74, 6) is 0. The first kappa shape index (κ1) is 19.9. The molecule has 2 aromatic heterocycles. The molecule has 0 bridgehead atoms. The van der Waals surface area contributed by atoms with Crippen LogP contribution in [0.3, 0.4) is 0 Å². The highest BCUT2D eigenvalue weighted by Crippen LogP contribution is 2.38. The fourth-order valence-electron chi connectivity index (χ4n) is 3.19. The standard InChI is InChI=1S/C22H15ClF3NOS/c23-18-7-2-1-4-13(18)10-16-11-14-5-3-6-17(20(14)29-16)19-12-15(8-9-27-19)21(28)22(24,25)26/h1-9,11-12,21,28H,10H2/t21-/m1/s1. The summed E-state index contributed by atoms with van der Waals surface area (Å²) in [6, 6.07) is 17.8. The molecule has 0 unspecified atom stereocenters. The molecular formula is C22H15ClF3NOS. The monoisotopic (exact) mass is 433 g/mol. The molecule has 0 saturated carbocycles.